The minimum absolute atomic E-state index is 0.0153. The van der Waals surface area contributed by atoms with Crippen LogP contribution in [-0.2, 0) is 17.5 Å². The summed E-state index contributed by atoms with van der Waals surface area (Å²) >= 11 is 5.67. The van der Waals surface area contributed by atoms with Gasteiger partial charge in [-0.15, -0.1) is 0 Å². The van der Waals surface area contributed by atoms with Gasteiger partial charge in [0.1, 0.15) is 35.3 Å². The highest BCUT2D eigenvalue weighted by atomic mass is 35.5. The number of nitrogens with zero attached hydrogens (tertiary/aromatic N) is 1. The second-order valence-electron chi connectivity index (χ2n) is 11.3. The summed E-state index contributed by atoms with van der Waals surface area (Å²) in [5.74, 6) is -2.31. The normalized spacial score (nSPS) is 18.2. The van der Waals surface area contributed by atoms with E-state index < -0.39 is 45.6 Å². The number of ether oxygens (including phenoxy) is 2. The van der Waals surface area contributed by atoms with Crippen LogP contribution >= 0.6 is 11.6 Å². The van der Waals surface area contributed by atoms with Crippen LogP contribution in [0.3, 0.4) is 0 Å². The lowest BCUT2D eigenvalue weighted by molar-refractivity contribution is -0.137. The Morgan fingerprint density at radius 2 is 1.72 bits per heavy atom. The Balaban J connectivity index is 1.41. The van der Waals surface area contributed by atoms with E-state index in [4.69, 9.17) is 21.1 Å². The van der Waals surface area contributed by atoms with E-state index in [-0.39, 0.29) is 61.9 Å². The van der Waals surface area contributed by atoms with Crippen LogP contribution in [-0.4, -0.2) is 41.8 Å². The van der Waals surface area contributed by atoms with E-state index in [0.29, 0.717) is 11.6 Å². The topological polar surface area (TPSA) is 38.8 Å². The molecule has 0 radical (unpaired) electrons. The van der Waals surface area contributed by atoms with Crippen LogP contribution in [0, 0.1) is 11.6 Å². The van der Waals surface area contributed by atoms with Gasteiger partial charge in [-0.05, 0) is 76.1 Å². The summed E-state index contributed by atoms with van der Waals surface area (Å²) in [6.07, 6.45) is -3.04. The molecule has 0 spiro atoms. The van der Waals surface area contributed by atoms with Crippen LogP contribution < -0.4 is 4.74 Å². The summed E-state index contributed by atoms with van der Waals surface area (Å²) in [7, 11) is 0. The van der Waals surface area contributed by atoms with Gasteiger partial charge in [0.25, 0.3) is 0 Å². The summed E-state index contributed by atoms with van der Waals surface area (Å²) in [5.41, 5.74) is -3.42. The van der Waals surface area contributed by atoms with Crippen molar-refractivity contribution >= 4 is 17.6 Å². The SMILES string of the molecule is CC(C)(C)OC(=O)c1cc(C2CC2)c(OCC2(F)CCN(Cc3cc(C(F)(F)F)cc(Cl)c3F)CC2)cc1F. The zero-order valence-corrected chi connectivity index (χ0v) is 22.6. The molecule has 2 aliphatic rings. The van der Waals surface area contributed by atoms with Crippen molar-refractivity contribution in [2.45, 2.75) is 76.4 Å². The van der Waals surface area contributed by atoms with Gasteiger partial charge in [0.05, 0.1) is 16.1 Å². The minimum Gasteiger partial charge on any atom is -0.490 e. The Hall–Kier alpha value is -2.46. The van der Waals surface area contributed by atoms with Gasteiger partial charge in [-0.1, -0.05) is 11.6 Å². The molecule has 11 heteroatoms. The Morgan fingerprint density at radius 1 is 1.08 bits per heavy atom. The Labute approximate surface area is 228 Å². The maximum Gasteiger partial charge on any atom is 0.416 e. The number of likely N-dealkylation sites (tertiary alicyclic amines) is 1. The molecular weight excluding hydrogens is 548 g/mol. The third-order valence-electron chi connectivity index (χ3n) is 6.80. The lowest BCUT2D eigenvalue weighted by atomic mass is 9.93. The summed E-state index contributed by atoms with van der Waals surface area (Å²) in [6.45, 7) is 4.81. The molecule has 0 atom stereocenters. The molecule has 0 bridgehead atoms. The van der Waals surface area contributed by atoms with Gasteiger partial charge in [-0.3, -0.25) is 4.90 Å². The van der Waals surface area contributed by atoms with Gasteiger partial charge in [-0.25, -0.2) is 18.0 Å². The molecule has 0 aromatic heterocycles. The minimum atomic E-state index is -4.68. The molecule has 1 saturated carbocycles. The van der Waals surface area contributed by atoms with Crippen molar-refractivity contribution in [1.29, 1.82) is 0 Å². The van der Waals surface area contributed by atoms with Gasteiger partial charge < -0.3 is 9.47 Å². The predicted octanol–water partition coefficient (Wildman–Crippen LogP) is 7.85. The molecule has 4 nitrogen and oxygen atoms in total. The van der Waals surface area contributed by atoms with Crippen LogP contribution in [0.25, 0.3) is 0 Å². The predicted molar refractivity (Wildman–Crippen MR) is 134 cm³/mol. The number of carbonyl (C=O) groups is 1. The van der Waals surface area contributed by atoms with Crippen LogP contribution in [0.4, 0.5) is 26.3 Å². The molecule has 4 rings (SSSR count). The van der Waals surface area contributed by atoms with Gasteiger partial charge in [0.2, 0.25) is 0 Å². The molecule has 0 N–H and O–H groups in total. The largest absolute Gasteiger partial charge is 0.490 e. The standard InChI is InChI=1S/C28H30ClF6NO3/c1-26(2,3)39-25(37)20-12-19(16-4-5-16)23(13-22(20)30)38-15-27(32)6-8-36(9-7-27)14-17-10-18(28(33,34)35)11-21(29)24(17)31/h10-13,16H,4-9,14-15H2,1-3H3. The fourth-order valence-electron chi connectivity index (χ4n) is 4.53. The second kappa shape index (κ2) is 10.8. The van der Waals surface area contributed by atoms with Crippen molar-refractivity contribution in [2.24, 2.45) is 0 Å². The number of alkyl halides is 4. The quantitative estimate of drug-likeness (QED) is 0.248. The van der Waals surface area contributed by atoms with Crippen LogP contribution in [0.5, 0.6) is 5.75 Å². The van der Waals surface area contributed by atoms with E-state index in [2.05, 4.69) is 0 Å². The smallest absolute Gasteiger partial charge is 0.416 e. The molecule has 1 saturated heterocycles. The van der Waals surface area contributed by atoms with E-state index in [1.165, 1.54) is 6.07 Å². The molecule has 2 aromatic carbocycles. The number of benzene rings is 2. The van der Waals surface area contributed by atoms with Crippen molar-refractivity contribution in [1.82, 2.24) is 4.90 Å². The zero-order valence-electron chi connectivity index (χ0n) is 21.9. The highest BCUT2D eigenvalue weighted by Crippen LogP contribution is 2.46. The number of halogens is 7. The summed E-state index contributed by atoms with van der Waals surface area (Å²) < 4.78 is 95.2. The lowest BCUT2D eigenvalue weighted by Gasteiger charge is -2.36. The molecule has 1 aliphatic heterocycles. The summed E-state index contributed by atoms with van der Waals surface area (Å²) in [6, 6.07) is 3.76. The summed E-state index contributed by atoms with van der Waals surface area (Å²) in [5, 5.41) is -0.624. The fourth-order valence-corrected chi connectivity index (χ4v) is 4.77. The molecular formula is C28H30ClF6NO3. The van der Waals surface area contributed by atoms with Crippen molar-refractivity contribution in [3.05, 3.63) is 63.2 Å². The number of piperidine rings is 1. The average molecular weight is 578 g/mol. The number of hydrogen-bond donors (Lipinski definition) is 0. The Morgan fingerprint density at radius 3 is 2.28 bits per heavy atom. The van der Waals surface area contributed by atoms with Crippen molar-refractivity contribution in [3.63, 3.8) is 0 Å². The van der Waals surface area contributed by atoms with E-state index in [0.717, 1.165) is 25.0 Å². The number of esters is 1. The molecule has 0 amide bonds. The first-order chi connectivity index (χ1) is 18.0. The van der Waals surface area contributed by atoms with E-state index in [1.807, 2.05) is 0 Å². The molecule has 214 valence electrons. The van der Waals surface area contributed by atoms with Gasteiger partial charge >= 0.3 is 12.1 Å². The monoisotopic (exact) mass is 577 g/mol. The Kier molecular flexibility index (Phi) is 8.21. The molecule has 2 aromatic rings. The maximum atomic E-state index is 15.6. The van der Waals surface area contributed by atoms with E-state index in [1.54, 1.807) is 25.7 Å². The van der Waals surface area contributed by atoms with E-state index in [9.17, 15) is 26.7 Å². The van der Waals surface area contributed by atoms with Crippen molar-refractivity contribution in [3.8, 4) is 5.75 Å². The first-order valence-electron chi connectivity index (χ1n) is 12.7. The first-order valence-corrected chi connectivity index (χ1v) is 13.1. The molecule has 39 heavy (non-hydrogen) atoms. The number of hydrogen-bond acceptors (Lipinski definition) is 4. The van der Waals surface area contributed by atoms with Gasteiger partial charge in [0, 0.05) is 31.3 Å². The average Bonchev–Trinajstić information content (AvgIpc) is 3.66. The third kappa shape index (κ3) is 7.39. The second-order valence-corrected chi connectivity index (χ2v) is 11.7. The molecule has 0 unspecified atom stereocenters. The van der Waals surface area contributed by atoms with E-state index >= 15 is 4.39 Å². The molecule has 2 fully saturated rings. The molecule has 1 heterocycles. The van der Waals surface area contributed by atoms with Crippen molar-refractivity contribution < 1.29 is 40.6 Å². The van der Waals surface area contributed by atoms with Crippen LogP contribution in [0.1, 0.15) is 79.4 Å². The maximum absolute atomic E-state index is 15.6. The fraction of sp³-hybridized carbons (Fsp3) is 0.536. The summed E-state index contributed by atoms with van der Waals surface area (Å²) in [4.78, 5) is 14.1. The number of carbonyl (C=O) groups excluding carboxylic acids is 1. The van der Waals surface area contributed by atoms with Gasteiger partial charge in [0.15, 0.2) is 0 Å². The van der Waals surface area contributed by atoms with Crippen LogP contribution in [0.2, 0.25) is 5.02 Å². The van der Waals surface area contributed by atoms with Crippen LogP contribution in [0.15, 0.2) is 24.3 Å². The third-order valence-corrected chi connectivity index (χ3v) is 7.07. The highest BCUT2D eigenvalue weighted by molar-refractivity contribution is 6.30. The highest BCUT2D eigenvalue weighted by Gasteiger charge is 2.38. The Bertz CT molecular complexity index is 1230. The van der Waals surface area contributed by atoms with Crippen molar-refractivity contribution in [2.75, 3.05) is 19.7 Å². The molecule has 1 aliphatic carbocycles. The zero-order chi connectivity index (χ0) is 28.8. The van der Waals surface area contributed by atoms with Gasteiger partial charge in [-0.2, -0.15) is 13.2 Å². The lowest BCUT2D eigenvalue weighted by Crippen LogP contribution is -2.44. The first kappa shape index (κ1) is 29.5. The number of rotatable bonds is 7.